The minimum Gasteiger partial charge on any atom is -0.478 e. The Morgan fingerprint density at radius 1 is 0.935 bits per heavy atom. The highest BCUT2D eigenvalue weighted by atomic mass is 32.2. The molecular weight excluding hydrogens is 602 g/mol. The summed E-state index contributed by atoms with van der Waals surface area (Å²) in [6, 6.07) is 30.6. The molecule has 8 nitrogen and oxygen atoms in total. The number of rotatable bonds is 12. The molecule has 5 rings (SSSR count). The summed E-state index contributed by atoms with van der Waals surface area (Å²) in [5.74, 6) is -0.295. The summed E-state index contributed by atoms with van der Waals surface area (Å²) in [5.41, 5.74) is 5.88. The van der Waals surface area contributed by atoms with Crippen LogP contribution in [0.3, 0.4) is 0 Å². The molecule has 0 saturated carbocycles. The van der Waals surface area contributed by atoms with E-state index in [0.717, 1.165) is 38.3 Å². The van der Waals surface area contributed by atoms with E-state index in [1.165, 1.54) is 6.08 Å². The fraction of sp³-hybridized carbons (Fsp3) is 0.243. The van der Waals surface area contributed by atoms with Crippen molar-refractivity contribution in [2.45, 2.75) is 43.5 Å². The van der Waals surface area contributed by atoms with Gasteiger partial charge in [-0.3, -0.25) is 0 Å². The molecule has 9 heteroatoms. The zero-order valence-electron chi connectivity index (χ0n) is 25.5. The third-order valence-corrected chi connectivity index (χ3v) is 9.01. The van der Waals surface area contributed by atoms with Gasteiger partial charge in [0.05, 0.1) is 24.4 Å². The van der Waals surface area contributed by atoms with Gasteiger partial charge in [-0.1, -0.05) is 92.4 Å². The van der Waals surface area contributed by atoms with Gasteiger partial charge in [-0.05, 0) is 52.1 Å². The predicted octanol–water partition coefficient (Wildman–Crippen LogP) is 7.54. The van der Waals surface area contributed by atoms with E-state index in [1.807, 2.05) is 84.9 Å². The summed E-state index contributed by atoms with van der Waals surface area (Å²) in [6.07, 6.45) is -0.0231. The molecule has 4 aromatic carbocycles. The van der Waals surface area contributed by atoms with Crippen LogP contribution in [0.25, 0.3) is 11.1 Å². The van der Waals surface area contributed by atoms with Crippen LogP contribution >= 0.6 is 11.8 Å². The fourth-order valence-electron chi connectivity index (χ4n) is 5.31. The predicted molar refractivity (Wildman–Crippen MR) is 177 cm³/mol. The van der Waals surface area contributed by atoms with Crippen molar-refractivity contribution in [1.82, 2.24) is 5.32 Å². The molecule has 238 valence electrons. The number of aromatic carboxylic acids is 1. The lowest BCUT2D eigenvalue weighted by Gasteiger charge is -2.41. The zero-order chi connectivity index (χ0) is 32.5. The minimum absolute atomic E-state index is 0.0128. The molecule has 0 bridgehead atoms. The molecule has 0 unspecified atom stereocenters. The highest BCUT2D eigenvalue weighted by molar-refractivity contribution is 7.99. The van der Waals surface area contributed by atoms with Crippen molar-refractivity contribution in [3.05, 3.63) is 138 Å². The molecule has 0 radical (unpaired) electrons. The number of ether oxygens (including phenoxy) is 3. The van der Waals surface area contributed by atoms with Crippen LogP contribution in [0.2, 0.25) is 0 Å². The van der Waals surface area contributed by atoms with Crippen LogP contribution in [-0.2, 0) is 27.4 Å². The van der Waals surface area contributed by atoms with Crippen molar-refractivity contribution in [1.29, 1.82) is 0 Å². The summed E-state index contributed by atoms with van der Waals surface area (Å²) < 4.78 is 18.2. The first-order valence-corrected chi connectivity index (χ1v) is 16.0. The van der Waals surface area contributed by atoms with Crippen molar-refractivity contribution < 1.29 is 34.0 Å². The molecule has 0 aromatic heterocycles. The Hall–Kier alpha value is -4.41. The normalized spacial score (nSPS) is 19.3. The highest BCUT2D eigenvalue weighted by Crippen LogP contribution is 2.43. The van der Waals surface area contributed by atoms with Crippen LogP contribution in [0.15, 0.2) is 115 Å². The van der Waals surface area contributed by atoms with Crippen LogP contribution in [0, 0.1) is 5.92 Å². The number of alkyl carbamates (subject to hydrolysis) is 1. The van der Waals surface area contributed by atoms with Crippen LogP contribution in [0.4, 0.5) is 4.79 Å². The number of amides is 1. The van der Waals surface area contributed by atoms with Gasteiger partial charge in [0, 0.05) is 28.7 Å². The summed E-state index contributed by atoms with van der Waals surface area (Å²) in [4.78, 5) is 24.2. The number of benzene rings is 4. The van der Waals surface area contributed by atoms with Crippen molar-refractivity contribution >= 4 is 23.8 Å². The lowest BCUT2D eigenvalue weighted by atomic mass is 9.91. The first kappa shape index (κ1) is 33.0. The van der Waals surface area contributed by atoms with Crippen molar-refractivity contribution in [3.8, 4) is 11.1 Å². The Morgan fingerprint density at radius 3 is 2.30 bits per heavy atom. The third kappa shape index (κ3) is 8.24. The number of carbonyl (C=O) groups is 2. The number of carbonyl (C=O) groups excluding carboxylic acids is 1. The van der Waals surface area contributed by atoms with Crippen molar-refractivity contribution in [3.63, 3.8) is 0 Å². The van der Waals surface area contributed by atoms with E-state index in [2.05, 4.69) is 18.8 Å². The first-order chi connectivity index (χ1) is 22.4. The number of aliphatic hydroxyl groups excluding tert-OH is 1. The van der Waals surface area contributed by atoms with E-state index >= 15 is 0 Å². The van der Waals surface area contributed by atoms with Gasteiger partial charge in [-0.2, -0.15) is 0 Å². The lowest BCUT2D eigenvalue weighted by Crippen LogP contribution is -2.38. The number of aliphatic hydroxyl groups is 1. The molecule has 0 aliphatic carbocycles. The molecular formula is C37H37NO7S. The van der Waals surface area contributed by atoms with E-state index in [1.54, 1.807) is 23.9 Å². The molecule has 46 heavy (non-hydrogen) atoms. The lowest BCUT2D eigenvalue weighted by molar-refractivity contribution is -0.268. The second-order valence-corrected chi connectivity index (χ2v) is 12.1. The molecule has 3 N–H and O–H groups in total. The number of carboxylic acid groups (broad SMARTS) is 1. The maximum absolute atomic E-state index is 12.0. The molecule has 1 amide bonds. The van der Waals surface area contributed by atoms with Crippen LogP contribution in [-0.4, -0.2) is 40.7 Å². The monoisotopic (exact) mass is 639 g/mol. The van der Waals surface area contributed by atoms with Crippen molar-refractivity contribution in [2.24, 2.45) is 5.92 Å². The molecule has 1 heterocycles. The second-order valence-electron chi connectivity index (χ2n) is 11.0. The molecule has 1 aliphatic heterocycles. The summed E-state index contributed by atoms with van der Waals surface area (Å²) in [7, 11) is 0. The standard InChI is InChI=1S/C37H37NO7S/c1-3-20-43-37(42)38-21-30-6-4-5-7-32(30)26-12-14-29(15-13-26)36-44-33(23-46-31-18-16-28(17-19-31)35(40)41)24(2)34(45-36)27-10-8-25(22-39)9-11-27/h3-19,24,33-34,36,39H,1,20-23H2,2H3,(H,38,42)(H,40,41)/t24-,33+,34+,36+/m1/s1. The summed E-state index contributed by atoms with van der Waals surface area (Å²) in [6.45, 7) is 6.10. The van der Waals surface area contributed by atoms with E-state index in [4.69, 9.17) is 14.2 Å². The number of nitrogens with one attached hydrogen (secondary N) is 1. The van der Waals surface area contributed by atoms with E-state index in [-0.39, 0.29) is 36.9 Å². The molecule has 4 atom stereocenters. The van der Waals surface area contributed by atoms with Gasteiger partial charge in [0.2, 0.25) is 0 Å². The quantitative estimate of drug-likeness (QED) is 0.108. The number of hydrogen-bond donors (Lipinski definition) is 3. The number of hydrogen-bond acceptors (Lipinski definition) is 7. The average Bonchev–Trinajstić information content (AvgIpc) is 3.10. The number of thioether (sulfide) groups is 1. The Morgan fingerprint density at radius 2 is 1.63 bits per heavy atom. The molecule has 1 aliphatic rings. The Labute approximate surface area is 273 Å². The Kier molecular flexibility index (Phi) is 11.3. The largest absolute Gasteiger partial charge is 0.478 e. The van der Waals surface area contributed by atoms with Crippen LogP contribution < -0.4 is 5.32 Å². The average molecular weight is 640 g/mol. The highest BCUT2D eigenvalue weighted by Gasteiger charge is 2.38. The molecule has 4 aromatic rings. The van der Waals surface area contributed by atoms with E-state index in [9.17, 15) is 19.8 Å². The minimum atomic E-state index is -0.953. The second kappa shape index (κ2) is 15.7. The van der Waals surface area contributed by atoms with Gasteiger partial charge in [0.15, 0.2) is 6.29 Å². The third-order valence-electron chi connectivity index (χ3n) is 7.91. The topological polar surface area (TPSA) is 114 Å². The molecule has 0 spiro atoms. The first-order valence-electron chi connectivity index (χ1n) is 15.0. The van der Waals surface area contributed by atoms with Gasteiger partial charge >= 0.3 is 12.1 Å². The fourth-order valence-corrected chi connectivity index (χ4v) is 6.38. The van der Waals surface area contributed by atoms with Gasteiger partial charge in [-0.15, -0.1) is 11.8 Å². The maximum Gasteiger partial charge on any atom is 0.407 e. The van der Waals surface area contributed by atoms with Gasteiger partial charge in [0.25, 0.3) is 0 Å². The van der Waals surface area contributed by atoms with Crippen LogP contribution in [0.5, 0.6) is 0 Å². The van der Waals surface area contributed by atoms with E-state index < -0.39 is 18.4 Å². The Bertz CT molecular complexity index is 1620. The van der Waals surface area contributed by atoms with Crippen LogP contribution in [0.1, 0.15) is 51.9 Å². The smallest absolute Gasteiger partial charge is 0.407 e. The zero-order valence-corrected chi connectivity index (χ0v) is 26.3. The SMILES string of the molecule is C=CCOC(=O)NCc1ccccc1-c1ccc([C@H]2O[C@@H](CSc3ccc(C(=O)O)cc3)[C@@H](C)[C@@H](c3ccc(CO)cc3)O2)cc1. The molecule has 1 saturated heterocycles. The maximum atomic E-state index is 12.0. The Balaban J connectivity index is 1.35. The van der Waals surface area contributed by atoms with Gasteiger partial charge in [0.1, 0.15) is 6.61 Å². The molecule has 1 fully saturated rings. The van der Waals surface area contributed by atoms with Gasteiger partial charge < -0.3 is 29.7 Å². The van der Waals surface area contributed by atoms with Gasteiger partial charge in [-0.25, -0.2) is 9.59 Å². The number of carboxylic acids is 1. The summed E-state index contributed by atoms with van der Waals surface area (Å²) >= 11 is 1.61. The summed E-state index contributed by atoms with van der Waals surface area (Å²) in [5, 5.41) is 21.6. The van der Waals surface area contributed by atoms with E-state index in [0.29, 0.717) is 12.3 Å². The van der Waals surface area contributed by atoms with Crippen molar-refractivity contribution in [2.75, 3.05) is 12.4 Å².